The van der Waals surface area contributed by atoms with Gasteiger partial charge in [-0.1, -0.05) is 30.3 Å². The lowest BCUT2D eigenvalue weighted by Crippen LogP contribution is -2.08. The molecule has 1 heterocycles. The standard InChI is InChI=1S/C17H14N2/c18-14-6-3-5-11-8-9-13-10-12-4-1-2-7-15(12)19-17(13)16(11)14/h1-7,10H,8-9,18H2. The van der Waals surface area contributed by atoms with Crippen LogP contribution in [-0.4, -0.2) is 4.98 Å². The Labute approximate surface area is 111 Å². The predicted molar refractivity (Wildman–Crippen MR) is 79.0 cm³/mol. The highest BCUT2D eigenvalue weighted by atomic mass is 14.7. The number of aromatic nitrogens is 1. The molecule has 2 aromatic carbocycles. The topological polar surface area (TPSA) is 38.9 Å². The van der Waals surface area contributed by atoms with Crippen molar-refractivity contribution in [2.24, 2.45) is 0 Å². The molecule has 2 nitrogen and oxygen atoms in total. The first kappa shape index (κ1) is 10.6. The van der Waals surface area contributed by atoms with Crippen LogP contribution < -0.4 is 5.73 Å². The average molecular weight is 246 g/mol. The zero-order chi connectivity index (χ0) is 12.8. The number of hydrogen-bond acceptors (Lipinski definition) is 2. The summed E-state index contributed by atoms with van der Waals surface area (Å²) >= 11 is 0. The number of aryl methyl sites for hydroxylation is 2. The normalized spacial score (nSPS) is 13.1. The van der Waals surface area contributed by atoms with E-state index in [2.05, 4.69) is 30.3 Å². The van der Waals surface area contributed by atoms with Gasteiger partial charge in [0.1, 0.15) is 0 Å². The minimum Gasteiger partial charge on any atom is -0.398 e. The maximum Gasteiger partial charge on any atom is 0.0765 e. The van der Waals surface area contributed by atoms with Crippen molar-refractivity contribution >= 4 is 16.6 Å². The van der Waals surface area contributed by atoms with Crippen molar-refractivity contribution in [3.63, 3.8) is 0 Å². The Morgan fingerprint density at radius 3 is 2.68 bits per heavy atom. The van der Waals surface area contributed by atoms with Gasteiger partial charge in [-0.2, -0.15) is 0 Å². The highest BCUT2D eigenvalue weighted by Gasteiger charge is 2.19. The summed E-state index contributed by atoms with van der Waals surface area (Å²) in [6, 6.07) is 16.7. The SMILES string of the molecule is Nc1cccc2c1-c1nc3ccccc3cc1CC2. The second-order valence-electron chi connectivity index (χ2n) is 5.07. The molecule has 0 saturated carbocycles. The Balaban J connectivity index is 2.08. The van der Waals surface area contributed by atoms with E-state index in [9.17, 15) is 0 Å². The lowest BCUT2D eigenvalue weighted by Gasteiger charge is -2.21. The van der Waals surface area contributed by atoms with Crippen LogP contribution in [0.2, 0.25) is 0 Å². The van der Waals surface area contributed by atoms with Crippen LogP contribution in [0.4, 0.5) is 5.69 Å². The van der Waals surface area contributed by atoms with E-state index >= 15 is 0 Å². The van der Waals surface area contributed by atoms with Gasteiger partial charge in [-0.3, -0.25) is 0 Å². The molecule has 0 unspecified atom stereocenters. The van der Waals surface area contributed by atoms with Crippen molar-refractivity contribution in [1.29, 1.82) is 0 Å². The molecule has 0 fully saturated rings. The fourth-order valence-electron chi connectivity index (χ4n) is 2.95. The molecule has 92 valence electrons. The third-order valence-electron chi connectivity index (χ3n) is 3.89. The molecule has 1 aliphatic rings. The Bertz CT molecular complexity index is 790. The van der Waals surface area contributed by atoms with Crippen LogP contribution >= 0.6 is 0 Å². The summed E-state index contributed by atoms with van der Waals surface area (Å²) < 4.78 is 0. The zero-order valence-electron chi connectivity index (χ0n) is 10.6. The highest BCUT2D eigenvalue weighted by Crippen LogP contribution is 2.37. The maximum absolute atomic E-state index is 6.16. The first-order chi connectivity index (χ1) is 9.33. The third kappa shape index (κ3) is 1.53. The molecule has 2 heteroatoms. The maximum atomic E-state index is 6.16. The van der Waals surface area contributed by atoms with Crippen molar-refractivity contribution < 1.29 is 0 Å². The van der Waals surface area contributed by atoms with E-state index in [0.29, 0.717) is 0 Å². The van der Waals surface area contributed by atoms with E-state index < -0.39 is 0 Å². The molecule has 19 heavy (non-hydrogen) atoms. The van der Waals surface area contributed by atoms with Crippen LogP contribution in [0.5, 0.6) is 0 Å². The van der Waals surface area contributed by atoms with Crippen LogP contribution in [-0.2, 0) is 12.8 Å². The molecule has 4 rings (SSSR count). The van der Waals surface area contributed by atoms with Gasteiger partial charge in [0, 0.05) is 16.6 Å². The van der Waals surface area contributed by atoms with Crippen molar-refractivity contribution in [3.8, 4) is 11.3 Å². The Morgan fingerprint density at radius 2 is 1.74 bits per heavy atom. The molecule has 0 saturated heterocycles. The fourth-order valence-corrected chi connectivity index (χ4v) is 2.95. The number of para-hydroxylation sites is 1. The third-order valence-corrected chi connectivity index (χ3v) is 3.89. The lowest BCUT2D eigenvalue weighted by atomic mass is 9.87. The lowest BCUT2D eigenvalue weighted by molar-refractivity contribution is 0.934. The number of fused-ring (bicyclic) bond motifs is 4. The zero-order valence-corrected chi connectivity index (χ0v) is 10.6. The summed E-state index contributed by atoms with van der Waals surface area (Å²) in [6.45, 7) is 0. The van der Waals surface area contributed by atoms with E-state index in [1.165, 1.54) is 16.5 Å². The first-order valence-electron chi connectivity index (χ1n) is 6.59. The number of benzene rings is 2. The summed E-state index contributed by atoms with van der Waals surface area (Å²) in [7, 11) is 0. The fraction of sp³-hybridized carbons (Fsp3) is 0.118. The molecule has 0 bridgehead atoms. The van der Waals surface area contributed by atoms with E-state index in [0.717, 1.165) is 35.3 Å². The summed E-state index contributed by atoms with van der Waals surface area (Å²) in [4.78, 5) is 4.84. The number of hydrogen-bond donors (Lipinski definition) is 1. The molecular weight excluding hydrogens is 232 g/mol. The van der Waals surface area contributed by atoms with E-state index in [4.69, 9.17) is 10.7 Å². The van der Waals surface area contributed by atoms with Gasteiger partial charge in [0.05, 0.1) is 11.2 Å². The molecule has 1 aromatic heterocycles. The minimum atomic E-state index is 0.834. The average Bonchev–Trinajstić information content (AvgIpc) is 2.45. The number of pyridine rings is 1. The molecule has 0 spiro atoms. The molecule has 2 N–H and O–H groups in total. The number of rotatable bonds is 0. The molecule has 0 radical (unpaired) electrons. The quantitative estimate of drug-likeness (QED) is 0.616. The second kappa shape index (κ2) is 3.82. The predicted octanol–water partition coefficient (Wildman–Crippen LogP) is 3.58. The van der Waals surface area contributed by atoms with Crippen LogP contribution in [0, 0.1) is 0 Å². The Kier molecular flexibility index (Phi) is 2.12. The monoisotopic (exact) mass is 246 g/mol. The highest BCUT2D eigenvalue weighted by molar-refractivity contribution is 5.88. The number of nitrogens with zero attached hydrogens (tertiary/aromatic N) is 1. The Morgan fingerprint density at radius 1 is 0.895 bits per heavy atom. The summed E-state index contributed by atoms with van der Waals surface area (Å²) in [6.07, 6.45) is 2.09. The van der Waals surface area contributed by atoms with Gasteiger partial charge in [0.25, 0.3) is 0 Å². The molecular formula is C17H14N2. The molecule has 0 aliphatic heterocycles. The summed E-state index contributed by atoms with van der Waals surface area (Å²) in [5, 5.41) is 1.21. The Hall–Kier alpha value is -2.35. The van der Waals surface area contributed by atoms with Gasteiger partial charge in [-0.25, -0.2) is 4.98 Å². The minimum absolute atomic E-state index is 0.834. The van der Waals surface area contributed by atoms with Crippen molar-refractivity contribution in [1.82, 2.24) is 4.98 Å². The number of nitrogens with two attached hydrogens (primary N) is 1. The molecule has 0 amide bonds. The number of anilines is 1. The van der Waals surface area contributed by atoms with Gasteiger partial charge >= 0.3 is 0 Å². The molecule has 0 atom stereocenters. The first-order valence-corrected chi connectivity index (χ1v) is 6.59. The van der Waals surface area contributed by atoms with Crippen molar-refractivity contribution in [2.45, 2.75) is 12.8 Å². The van der Waals surface area contributed by atoms with Gasteiger partial charge in [-0.05, 0) is 42.2 Å². The van der Waals surface area contributed by atoms with Crippen LogP contribution in [0.1, 0.15) is 11.1 Å². The largest absolute Gasteiger partial charge is 0.398 e. The van der Waals surface area contributed by atoms with Gasteiger partial charge in [0.15, 0.2) is 0 Å². The van der Waals surface area contributed by atoms with E-state index in [1.807, 2.05) is 18.2 Å². The van der Waals surface area contributed by atoms with Gasteiger partial charge in [-0.15, -0.1) is 0 Å². The summed E-state index contributed by atoms with van der Waals surface area (Å²) in [5.41, 5.74) is 12.9. The van der Waals surface area contributed by atoms with Crippen molar-refractivity contribution in [3.05, 3.63) is 59.7 Å². The van der Waals surface area contributed by atoms with Crippen LogP contribution in [0.15, 0.2) is 48.5 Å². The summed E-state index contributed by atoms with van der Waals surface area (Å²) in [5.74, 6) is 0. The van der Waals surface area contributed by atoms with Crippen LogP contribution in [0.25, 0.3) is 22.2 Å². The van der Waals surface area contributed by atoms with E-state index in [-0.39, 0.29) is 0 Å². The number of nitrogen functional groups attached to an aromatic ring is 1. The smallest absolute Gasteiger partial charge is 0.0765 e. The van der Waals surface area contributed by atoms with Crippen molar-refractivity contribution in [2.75, 3.05) is 5.73 Å². The second-order valence-corrected chi connectivity index (χ2v) is 5.07. The van der Waals surface area contributed by atoms with Gasteiger partial charge < -0.3 is 5.73 Å². The molecule has 3 aromatic rings. The van der Waals surface area contributed by atoms with Gasteiger partial charge in [0.2, 0.25) is 0 Å². The molecule has 1 aliphatic carbocycles. The van der Waals surface area contributed by atoms with E-state index in [1.54, 1.807) is 0 Å². The van der Waals surface area contributed by atoms with Crippen LogP contribution in [0.3, 0.4) is 0 Å².